The van der Waals surface area contributed by atoms with Crippen LogP contribution in [0.4, 0.5) is 0 Å². The number of ketones is 1. The lowest BCUT2D eigenvalue weighted by Gasteiger charge is -2.31. The molecule has 3 saturated heterocycles. The van der Waals surface area contributed by atoms with E-state index in [2.05, 4.69) is 37.2 Å². The van der Waals surface area contributed by atoms with E-state index >= 15 is 0 Å². The van der Waals surface area contributed by atoms with Crippen LogP contribution in [0.25, 0.3) is 0 Å². The van der Waals surface area contributed by atoms with Crippen molar-refractivity contribution in [3.63, 3.8) is 0 Å². The molecule has 17 nitrogen and oxygen atoms in total. The predicted molar refractivity (Wildman–Crippen MR) is 245 cm³/mol. The molecule has 7 N–H and O–H groups in total. The van der Waals surface area contributed by atoms with Crippen LogP contribution < -0.4 is 37.2 Å². The number of nitrogens with one attached hydrogen (secondary N) is 7. The first-order chi connectivity index (χ1) is 31.3. The molecule has 2 aromatic rings. The number of hydrogen-bond donors (Lipinski definition) is 7. The van der Waals surface area contributed by atoms with E-state index in [0.717, 1.165) is 11.1 Å². The Bertz CT molecular complexity index is 1950. The molecule has 3 fully saturated rings. The summed E-state index contributed by atoms with van der Waals surface area (Å²) in [4.78, 5) is 115. The summed E-state index contributed by atoms with van der Waals surface area (Å²) in [5, 5.41) is 20.4. The van der Waals surface area contributed by atoms with E-state index in [1.54, 1.807) is 27.9 Å². The van der Waals surface area contributed by atoms with Crippen molar-refractivity contribution in [1.82, 2.24) is 47.0 Å². The van der Waals surface area contributed by atoms with Crippen molar-refractivity contribution in [1.29, 1.82) is 0 Å². The minimum absolute atomic E-state index is 0.124. The Hall–Kier alpha value is -5.68. The van der Waals surface area contributed by atoms with Gasteiger partial charge in [0.15, 0.2) is 5.78 Å². The number of nitrogens with zero attached hydrogens (tertiary/aromatic N) is 2. The fourth-order valence-electron chi connectivity index (χ4n) is 8.75. The number of carbonyl (C=O) groups excluding carboxylic acids is 8. The van der Waals surface area contributed by atoms with Crippen LogP contribution in [0.2, 0.25) is 0 Å². The van der Waals surface area contributed by atoms with Crippen LogP contribution in [0.15, 0.2) is 60.7 Å². The highest BCUT2D eigenvalue weighted by molar-refractivity contribution is 6.05. The molecule has 17 heteroatoms. The summed E-state index contributed by atoms with van der Waals surface area (Å²) >= 11 is 0. The van der Waals surface area contributed by atoms with Crippen molar-refractivity contribution in [2.75, 3.05) is 40.3 Å². The van der Waals surface area contributed by atoms with Gasteiger partial charge in [-0.2, -0.15) is 0 Å². The van der Waals surface area contributed by atoms with E-state index in [1.165, 1.54) is 9.80 Å². The van der Waals surface area contributed by atoms with E-state index in [0.29, 0.717) is 57.9 Å². The average Bonchev–Trinajstić information content (AvgIpc) is 4.02. The van der Waals surface area contributed by atoms with E-state index in [-0.39, 0.29) is 62.9 Å². The zero-order chi connectivity index (χ0) is 46.9. The number of Topliss-reactive ketones (excluding diaryl/α,β-unsaturated/α-hetero) is 1. The van der Waals surface area contributed by atoms with Gasteiger partial charge in [-0.3, -0.25) is 38.4 Å². The molecular formula is C48H69N9O8. The van der Waals surface area contributed by atoms with Gasteiger partial charge in [-0.1, -0.05) is 60.7 Å². The first kappa shape index (κ1) is 50.3. The Morgan fingerprint density at radius 2 is 1.05 bits per heavy atom. The first-order valence-electron chi connectivity index (χ1n) is 23.4. The third-order valence-electron chi connectivity index (χ3n) is 12.9. The van der Waals surface area contributed by atoms with Crippen molar-refractivity contribution in [2.24, 2.45) is 5.92 Å². The van der Waals surface area contributed by atoms with Crippen molar-refractivity contribution in [2.45, 2.75) is 133 Å². The quantitative estimate of drug-likeness (QED) is 0.167. The van der Waals surface area contributed by atoms with Crippen molar-refractivity contribution in [3.8, 4) is 0 Å². The monoisotopic (exact) mass is 900 g/mol. The lowest BCUT2D eigenvalue weighted by molar-refractivity contribution is -0.144. The molecule has 65 heavy (non-hydrogen) atoms. The summed E-state index contributed by atoms with van der Waals surface area (Å²) in [6.45, 7) is 4.34. The predicted octanol–water partition coefficient (Wildman–Crippen LogP) is 0.896. The average molecular weight is 900 g/mol. The molecule has 0 radical (unpaired) electrons. The van der Waals surface area contributed by atoms with E-state index < -0.39 is 77.7 Å². The van der Waals surface area contributed by atoms with Crippen LogP contribution in [-0.2, 0) is 51.2 Å². The number of likely N-dealkylation sites (N-methyl/N-ethyl adjacent to an activating group) is 2. The largest absolute Gasteiger partial charge is 0.355 e. The number of rotatable bonds is 10. The molecule has 0 aromatic heterocycles. The van der Waals surface area contributed by atoms with Crippen LogP contribution in [0.3, 0.4) is 0 Å². The van der Waals surface area contributed by atoms with Gasteiger partial charge in [0, 0.05) is 32.6 Å². The van der Waals surface area contributed by atoms with Gasteiger partial charge in [0.05, 0.1) is 18.1 Å². The second kappa shape index (κ2) is 25.1. The molecule has 0 aliphatic carbocycles. The van der Waals surface area contributed by atoms with Gasteiger partial charge < -0.3 is 47.0 Å². The third-order valence-corrected chi connectivity index (χ3v) is 12.9. The molecule has 354 valence electrons. The van der Waals surface area contributed by atoms with Crippen LogP contribution in [-0.4, -0.2) is 140 Å². The molecule has 3 heterocycles. The molecular weight excluding hydrogens is 831 g/mol. The minimum Gasteiger partial charge on any atom is -0.355 e. The van der Waals surface area contributed by atoms with Crippen LogP contribution in [0, 0.1) is 5.92 Å². The molecule has 3 aliphatic rings. The summed E-state index contributed by atoms with van der Waals surface area (Å²) in [5.41, 5.74) is 1.61. The van der Waals surface area contributed by atoms with Gasteiger partial charge in [-0.15, -0.1) is 0 Å². The maximum atomic E-state index is 14.5. The van der Waals surface area contributed by atoms with Crippen LogP contribution in [0.1, 0.15) is 89.2 Å². The van der Waals surface area contributed by atoms with Crippen LogP contribution >= 0.6 is 0 Å². The zero-order valence-electron chi connectivity index (χ0n) is 38.4. The van der Waals surface area contributed by atoms with Gasteiger partial charge >= 0.3 is 0 Å². The Morgan fingerprint density at radius 1 is 0.585 bits per heavy atom. The second-order valence-electron chi connectivity index (χ2n) is 17.5. The Kier molecular flexibility index (Phi) is 19.5. The fourth-order valence-corrected chi connectivity index (χ4v) is 8.75. The maximum absolute atomic E-state index is 14.5. The lowest BCUT2D eigenvalue weighted by Crippen LogP contribution is -2.57. The molecule has 5 rings (SSSR count). The highest BCUT2D eigenvalue weighted by Gasteiger charge is 2.43. The summed E-state index contributed by atoms with van der Waals surface area (Å²) in [7, 11) is 3.28. The summed E-state index contributed by atoms with van der Waals surface area (Å²) in [6, 6.07) is 12.7. The summed E-state index contributed by atoms with van der Waals surface area (Å²) in [6.07, 6.45) is 4.31. The van der Waals surface area contributed by atoms with Crippen molar-refractivity contribution < 1.29 is 38.4 Å². The maximum Gasteiger partial charge on any atom is 0.245 e. The number of fused-ring (bicyclic) bond motifs is 2. The molecule has 3 aliphatic heterocycles. The Balaban J connectivity index is 1.43. The van der Waals surface area contributed by atoms with Gasteiger partial charge in [-0.05, 0) is 110 Å². The topological polar surface area (TPSA) is 227 Å². The van der Waals surface area contributed by atoms with Gasteiger partial charge in [-0.25, -0.2) is 0 Å². The molecule has 0 spiro atoms. The van der Waals surface area contributed by atoms with E-state index in [9.17, 15) is 38.4 Å². The van der Waals surface area contributed by atoms with E-state index in [1.807, 2.05) is 60.7 Å². The fraction of sp³-hybridized carbons (Fsp3) is 0.583. The summed E-state index contributed by atoms with van der Waals surface area (Å²) in [5.74, 6) is -4.41. The number of amides is 7. The van der Waals surface area contributed by atoms with Gasteiger partial charge in [0.1, 0.15) is 30.1 Å². The Labute approximate surface area is 382 Å². The molecule has 0 saturated carbocycles. The Morgan fingerprint density at radius 3 is 1.55 bits per heavy atom. The lowest BCUT2D eigenvalue weighted by atomic mass is 9.89. The van der Waals surface area contributed by atoms with Gasteiger partial charge in [0.25, 0.3) is 0 Å². The molecule has 1 unspecified atom stereocenters. The molecule has 2 aromatic carbocycles. The number of hydrogen-bond acceptors (Lipinski definition) is 10. The van der Waals surface area contributed by atoms with Crippen LogP contribution in [0.5, 0.6) is 0 Å². The first-order valence-corrected chi connectivity index (χ1v) is 23.4. The zero-order valence-corrected chi connectivity index (χ0v) is 38.4. The van der Waals surface area contributed by atoms with Gasteiger partial charge in [0.2, 0.25) is 41.4 Å². The number of carbonyl (C=O) groups is 8. The van der Waals surface area contributed by atoms with E-state index in [4.69, 9.17) is 0 Å². The summed E-state index contributed by atoms with van der Waals surface area (Å²) < 4.78 is 0. The second-order valence-corrected chi connectivity index (χ2v) is 17.5. The molecule has 8 atom stereocenters. The smallest absolute Gasteiger partial charge is 0.245 e. The molecule has 7 amide bonds. The van der Waals surface area contributed by atoms with Crippen molar-refractivity contribution in [3.05, 3.63) is 71.8 Å². The third kappa shape index (κ3) is 14.2. The number of benzene rings is 2. The normalized spacial score (nSPS) is 25.7. The highest BCUT2D eigenvalue weighted by Crippen LogP contribution is 2.26. The minimum atomic E-state index is -1.10. The molecule has 0 bridgehead atoms. The van der Waals surface area contributed by atoms with Crippen molar-refractivity contribution >= 4 is 47.1 Å². The highest BCUT2D eigenvalue weighted by atomic mass is 16.2. The standard InChI is InChI=1S/C48H69N9O8/c1-31(49-3)42(59)53-36-21-12-14-26-52-45(62)38(30-34-19-9-6-10-20-34)55-46(63)40-24-16-28-57(40)48(65)37(54-43(60)32(2)50-4)22-11-13-25-51-44(61)35(29-33-17-7-5-8-18-33)41(58)39-23-15-27-56(39)47(36)64/h5-10,17-20,31-32,35-40,49-50H,11-16,21-30H2,1-4H3,(H,51,61)(H,52,62)(H,53,59)(H,54,60)(H,55,63)/t31-,32-,35+,36-,37-,38-,39-,40?/m0/s1. The SMILES string of the molecule is CN[C@@H](C)C(=O)N[C@H]1CCCCNC(=O)[C@H](Cc2ccccc2)C(=O)[C@@H]2CCCN2C(=O)[C@@H](NC(=O)[C@H](C)NC)CCCCNC(=O)[C@H](Cc2ccccc2)NC(=O)C2CCCN2C1=O.